The molecule has 4 rings (SSSR count). The fourth-order valence-electron chi connectivity index (χ4n) is 3.91. The summed E-state index contributed by atoms with van der Waals surface area (Å²) in [6.07, 6.45) is 1.45. The maximum atomic E-state index is 13.6. The minimum Gasteiger partial charge on any atom is -0.463 e. The van der Waals surface area contributed by atoms with Gasteiger partial charge in [-0.15, -0.1) is 0 Å². The minimum absolute atomic E-state index is 0.135. The van der Waals surface area contributed by atoms with Gasteiger partial charge >= 0.3 is 11.9 Å². The summed E-state index contributed by atoms with van der Waals surface area (Å²) in [6.45, 7) is 4.76. The smallest absolute Gasteiger partial charge is 0.338 e. The van der Waals surface area contributed by atoms with Crippen molar-refractivity contribution in [3.8, 4) is 5.75 Å². The van der Waals surface area contributed by atoms with Gasteiger partial charge in [-0.1, -0.05) is 35.6 Å². The molecule has 0 radical (unpaired) electrons. The summed E-state index contributed by atoms with van der Waals surface area (Å²) in [5.41, 5.74) is 0.838. The molecule has 0 spiro atoms. The van der Waals surface area contributed by atoms with Crippen LogP contribution in [-0.4, -0.2) is 28.0 Å². The van der Waals surface area contributed by atoms with Gasteiger partial charge < -0.3 is 9.47 Å². The maximum absolute atomic E-state index is 13.6. The molecule has 1 aliphatic rings. The molecule has 1 aromatic heterocycles. The number of thiazole rings is 1. The number of carbonyl (C=O) groups is 2. The predicted octanol–water partition coefficient (Wildman–Crippen LogP) is 2.63. The molecule has 3 aromatic rings. The average molecular weight is 508 g/mol. The van der Waals surface area contributed by atoms with Crippen molar-refractivity contribution in [2.75, 3.05) is 6.61 Å². The highest BCUT2D eigenvalue weighted by Crippen LogP contribution is 2.31. The van der Waals surface area contributed by atoms with E-state index in [4.69, 9.17) is 9.47 Å². The number of nitro benzene ring substituents is 1. The Labute approximate surface area is 208 Å². The molecule has 11 heteroatoms. The van der Waals surface area contributed by atoms with Crippen LogP contribution in [-0.2, 0) is 14.3 Å². The minimum atomic E-state index is -0.861. The fraction of sp³-hybridized carbons (Fsp3) is 0.200. The number of rotatable bonds is 6. The molecule has 0 aliphatic carbocycles. The molecular formula is C25H21N3O7S. The Morgan fingerprint density at radius 3 is 2.53 bits per heavy atom. The molecule has 10 nitrogen and oxygen atoms in total. The van der Waals surface area contributed by atoms with E-state index in [1.807, 2.05) is 0 Å². The number of hydrogen-bond donors (Lipinski definition) is 0. The molecule has 2 heterocycles. The van der Waals surface area contributed by atoms with Crippen LogP contribution in [0.2, 0.25) is 0 Å². The monoisotopic (exact) mass is 507 g/mol. The number of nitrogens with zero attached hydrogens (tertiary/aromatic N) is 3. The number of benzene rings is 2. The summed E-state index contributed by atoms with van der Waals surface area (Å²) >= 11 is 1.07. The third kappa shape index (κ3) is 4.73. The largest absolute Gasteiger partial charge is 0.463 e. The molecule has 2 aromatic carbocycles. The van der Waals surface area contributed by atoms with Gasteiger partial charge in [0.1, 0.15) is 5.75 Å². The Balaban J connectivity index is 1.93. The Kier molecular flexibility index (Phi) is 6.93. The van der Waals surface area contributed by atoms with Gasteiger partial charge in [0, 0.05) is 13.0 Å². The molecule has 36 heavy (non-hydrogen) atoms. The topological polar surface area (TPSA) is 130 Å². The van der Waals surface area contributed by atoms with E-state index in [0.717, 1.165) is 11.3 Å². The predicted molar refractivity (Wildman–Crippen MR) is 131 cm³/mol. The molecule has 0 bridgehead atoms. The number of carbonyl (C=O) groups excluding carboxylic acids is 2. The first-order chi connectivity index (χ1) is 17.2. The van der Waals surface area contributed by atoms with E-state index in [0.29, 0.717) is 21.8 Å². The average Bonchev–Trinajstić information content (AvgIpc) is 3.13. The van der Waals surface area contributed by atoms with Crippen LogP contribution in [0.1, 0.15) is 37.9 Å². The molecule has 0 unspecified atom stereocenters. The third-order valence-corrected chi connectivity index (χ3v) is 6.38. The van der Waals surface area contributed by atoms with Crippen LogP contribution in [0, 0.1) is 10.1 Å². The van der Waals surface area contributed by atoms with Gasteiger partial charge in [0.2, 0.25) is 0 Å². The van der Waals surface area contributed by atoms with Crippen LogP contribution in [0.25, 0.3) is 6.08 Å². The van der Waals surface area contributed by atoms with Gasteiger partial charge in [-0.05, 0) is 43.7 Å². The van der Waals surface area contributed by atoms with Crippen molar-refractivity contribution in [2.45, 2.75) is 26.8 Å². The summed E-state index contributed by atoms with van der Waals surface area (Å²) in [6, 6.07) is 11.7. The summed E-state index contributed by atoms with van der Waals surface area (Å²) in [5, 5.41) is 11.4. The van der Waals surface area contributed by atoms with Crippen molar-refractivity contribution in [3.05, 3.63) is 101 Å². The van der Waals surface area contributed by atoms with Crippen molar-refractivity contribution >= 4 is 35.0 Å². The fourth-order valence-corrected chi connectivity index (χ4v) is 4.95. The summed E-state index contributed by atoms with van der Waals surface area (Å²) in [4.78, 5) is 53.6. The van der Waals surface area contributed by atoms with Gasteiger partial charge in [-0.3, -0.25) is 24.3 Å². The van der Waals surface area contributed by atoms with E-state index in [2.05, 4.69) is 4.99 Å². The zero-order chi connectivity index (χ0) is 26.0. The number of ether oxygens (including phenoxy) is 2. The SMILES string of the molecule is CCOC(=O)C1=C(C)N=c2s/c(=C/c3ccccc3[N+](=O)[O-])c(=O)n2[C@H]1c1ccc(OC(C)=O)cc1. The van der Waals surface area contributed by atoms with Crippen molar-refractivity contribution in [2.24, 2.45) is 4.99 Å². The van der Waals surface area contributed by atoms with Crippen LogP contribution >= 0.6 is 11.3 Å². The Morgan fingerprint density at radius 2 is 1.89 bits per heavy atom. The van der Waals surface area contributed by atoms with Gasteiger partial charge in [0.15, 0.2) is 4.80 Å². The number of nitro groups is 1. The molecule has 0 amide bonds. The molecular weight excluding hydrogens is 486 g/mol. The second kappa shape index (κ2) is 10.1. The van der Waals surface area contributed by atoms with E-state index < -0.39 is 28.5 Å². The summed E-state index contributed by atoms with van der Waals surface area (Å²) < 4.78 is 12.0. The lowest BCUT2D eigenvalue weighted by molar-refractivity contribution is -0.385. The Bertz CT molecular complexity index is 1580. The van der Waals surface area contributed by atoms with Crippen LogP contribution in [0.4, 0.5) is 5.69 Å². The van der Waals surface area contributed by atoms with Gasteiger partial charge in [-0.25, -0.2) is 9.79 Å². The first kappa shape index (κ1) is 24.7. The number of hydrogen-bond acceptors (Lipinski definition) is 9. The lowest BCUT2D eigenvalue weighted by atomic mass is 9.96. The highest BCUT2D eigenvalue weighted by atomic mass is 32.1. The van der Waals surface area contributed by atoms with Crippen molar-refractivity contribution in [1.29, 1.82) is 0 Å². The van der Waals surface area contributed by atoms with Crippen molar-refractivity contribution < 1.29 is 24.0 Å². The molecule has 0 saturated carbocycles. The Hall–Kier alpha value is -4.38. The summed E-state index contributed by atoms with van der Waals surface area (Å²) in [5.74, 6) is -0.775. The second-order valence-corrected chi connectivity index (χ2v) is 8.79. The van der Waals surface area contributed by atoms with Crippen molar-refractivity contribution in [1.82, 2.24) is 4.57 Å². The zero-order valence-corrected chi connectivity index (χ0v) is 20.4. The highest BCUT2D eigenvalue weighted by molar-refractivity contribution is 7.07. The number of esters is 2. The standard InChI is InChI=1S/C25H21N3O7S/c1-4-34-24(31)21-14(2)26-25-27(22(21)16-9-11-18(12-10-16)35-15(3)29)23(30)20(36-25)13-17-7-5-6-8-19(17)28(32)33/h5-13,22H,4H2,1-3H3/b20-13+/t22-/m0/s1. The number of aromatic nitrogens is 1. The number of fused-ring (bicyclic) bond motifs is 1. The normalized spacial score (nSPS) is 15.2. The van der Waals surface area contributed by atoms with E-state index in [-0.39, 0.29) is 28.0 Å². The Morgan fingerprint density at radius 1 is 1.19 bits per heavy atom. The van der Waals surface area contributed by atoms with Gasteiger partial charge in [-0.2, -0.15) is 0 Å². The second-order valence-electron chi connectivity index (χ2n) is 7.78. The van der Waals surface area contributed by atoms with Gasteiger partial charge in [0.05, 0.1) is 38.9 Å². The number of allylic oxidation sites excluding steroid dienone is 1. The van der Waals surface area contributed by atoms with E-state index >= 15 is 0 Å². The van der Waals surface area contributed by atoms with Crippen LogP contribution in [0.3, 0.4) is 0 Å². The first-order valence-corrected chi connectivity index (χ1v) is 11.7. The molecule has 1 aliphatic heterocycles. The van der Waals surface area contributed by atoms with E-state index in [1.54, 1.807) is 56.3 Å². The molecule has 184 valence electrons. The first-order valence-electron chi connectivity index (χ1n) is 10.9. The van der Waals surface area contributed by atoms with Crippen molar-refractivity contribution in [3.63, 3.8) is 0 Å². The molecule has 0 fully saturated rings. The zero-order valence-electron chi connectivity index (χ0n) is 19.6. The number of para-hydroxylation sites is 1. The summed E-state index contributed by atoms with van der Waals surface area (Å²) in [7, 11) is 0. The van der Waals surface area contributed by atoms with Crippen LogP contribution in [0.5, 0.6) is 5.75 Å². The lowest BCUT2D eigenvalue weighted by Gasteiger charge is -2.24. The van der Waals surface area contributed by atoms with Crippen LogP contribution in [0.15, 0.2) is 69.6 Å². The maximum Gasteiger partial charge on any atom is 0.338 e. The highest BCUT2D eigenvalue weighted by Gasteiger charge is 2.33. The van der Waals surface area contributed by atoms with E-state index in [1.165, 1.54) is 23.6 Å². The van der Waals surface area contributed by atoms with Crippen LogP contribution < -0.4 is 19.6 Å². The van der Waals surface area contributed by atoms with E-state index in [9.17, 15) is 24.5 Å². The molecule has 1 atom stereocenters. The van der Waals surface area contributed by atoms with Gasteiger partial charge in [0.25, 0.3) is 11.2 Å². The quantitative estimate of drug-likeness (QED) is 0.217. The molecule has 0 saturated heterocycles. The lowest BCUT2D eigenvalue weighted by Crippen LogP contribution is -2.39. The third-order valence-electron chi connectivity index (χ3n) is 5.39. The molecule has 0 N–H and O–H groups in total.